The van der Waals surface area contributed by atoms with E-state index in [9.17, 15) is 4.79 Å². The molecule has 1 aliphatic heterocycles. The molecule has 1 amide bonds. The summed E-state index contributed by atoms with van der Waals surface area (Å²) in [5, 5.41) is 2.82. The number of nitrogens with two attached hydrogens (primary N) is 1. The second-order valence-corrected chi connectivity index (χ2v) is 5.24. The molecular weight excluding hydrogens is 236 g/mol. The van der Waals surface area contributed by atoms with Crippen molar-refractivity contribution >= 4 is 17.2 Å². The predicted octanol–water partition coefficient (Wildman–Crippen LogP) is -0.0817. The molecule has 6 heteroatoms. The quantitative estimate of drug-likeness (QED) is 0.819. The van der Waals surface area contributed by atoms with E-state index in [-0.39, 0.29) is 5.91 Å². The predicted molar refractivity (Wildman–Crippen MR) is 67.8 cm³/mol. The molecule has 94 valence electrons. The van der Waals surface area contributed by atoms with E-state index in [0.717, 1.165) is 36.9 Å². The fourth-order valence-corrected chi connectivity index (χ4v) is 2.52. The average Bonchev–Trinajstić information content (AvgIpc) is 2.77. The Labute approximate surface area is 105 Å². The van der Waals surface area contributed by atoms with E-state index >= 15 is 0 Å². The number of carbonyl (C=O) groups is 1. The van der Waals surface area contributed by atoms with Crippen molar-refractivity contribution in [2.45, 2.75) is 13.0 Å². The lowest BCUT2D eigenvalue weighted by Crippen LogP contribution is -2.47. The third-order valence-corrected chi connectivity index (χ3v) is 3.88. The molecule has 1 aliphatic rings. The third kappa shape index (κ3) is 3.24. The zero-order valence-electron chi connectivity index (χ0n) is 10.1. The highest BCUT2D eigenvalue weighted by molar-refractivity contribution is 7.09. The number of rotatable bonds is 3. The molecule has 0 aromatic carbocycles. The van der Waals surface area contributed by atoms with Gasteiger partial charge in [0.15, 0.2) is 0 Å². The van der Waals surface area contributed by atoms with Crippen LogP contribution in [0.3, 0.4) is 0 Å². The van der Waals surface area contributed by atoms with Crippen LogP contribution >= 0.6 is 11.3 Å². The van der Waals surface area contributed by atoms with Crippen LogP contribution < -0.4 is 5.73 Å². The van der Waals surface area contributed by atoms with Gasteiger partial charge in [-0.3, -0.25) is 4.79 Å². The number of carbonyl (C=O) groups excluding carboxylic acids is 1. The Morgan fingerprint density at radius 3 is 2.76 bits per heavy atom. The monoisotopic (exact) mass is 254 g/mol. The van der Waals surface area contributed by atoms with Crippen molar-refractivity contribution in [2.75, 3.05) is 33.2 Å². The summed E-state index contributed by atoms with van der Waals surface area (Å²) in [7, 11) is 2.08. The van der Waals surface area contributed by atoms with Crippen molar-refractivity contribution in [2.24, 2.45) is 5.73 Å². The SMILES string of the molecule is CN1CCN(C(=O)Cc2csc(CN)n2)CC1. The van der Waals surface area contributed by atoms with E-state index in [1.54, 1.807) is 0 Å². The summed E-state index contributed by atoms with van der Waals surface area (Å²) in [5.74, 6) is 0.173. The van der Waals surface area contributed by atoms with Gasteiger partial charge in [0.2, 0.25) is 5.91 Å². The standard InChI is InChI=1S/C11H18N4OS/c1-14-2-4-15(5-3-14)11(16)6-9-8-17-10(7-12)13-9/h8H,2-7,12H2,1H3. The molecule has 2 rings (SSSR count). The van der Waals surface area contributed by atoms with E-state index in [2.05, 4.69) is 16.9 Å². The molecule has 1 fully saturated rings. The largest absolute Gasteiger partial charge is 0.340 e. The Morgan fingerprint density at radius 1 is 1.47 bits per heavy atom. The second kappa shape index (κ2) is 5.57. The Bertz CT molecular complexity index is 385. The first-order chi connectivity index (χ1) is 8.19. The molecule has 0 saturated carbocycles. The van der Waals surface area contributed by atoms with E-state index < -0.39 is 0 Å². The van der Waals surface area contributed by atoms with Gasteiger partial charge in [0.1, 0.15) is 5.01 Å². The number of amides is 1. The smallest absolute Gasteiger partial charge is 0.228 e. The number of likely N-dealkylation sites (N-methyl/N-ethyl adjacent to an activating group) is 1. The molecule has 2 N–H and O–H groups in total. The average molecular weight is 254 g/mol. The summed E-state index contributed by atoms with van der Waals surface area (Å²) >= 11 is 1.52. The van der Waals surface area contributed by atoms with Gasteiger partial charge in [0.25, 0.3) is 0 Å². The van der Waals surface area contributed by atoms with Crippen LogP contribution in [0.15, 0.2) is 5.38 Å². The van der Waals surface area contributed by atoms with Gasteiger partial charge in [0.05, 0.1) is 12.1 Å². The topological polar surface area (TPSA) is 62.5 Å². The van der Waals surface area contributed by atoms with Crippen LogP contribution in [0.1, 0.15) is 10.7 Å². The molecule has 1 saturated heterocycles. The highest BCUT2D eigenvalue weighted by atomic mass is 32.1. The number of aromatic nitrogens is 1. The van der Waals surface area contributed by atoms with Crippen LogP contribution in [0.25, 0.3) is 0 Å². The van der Waals surface area contributed by atoms with Crippen molar-refractivity contribution in [1.82, 2.24) is 14.8 Å². The molecule has 0 aliphatic carbocycles. The van der Waals surface area contributed by atoms with Crippen LogP contribution in [0, 0.1) is 0 Å². The van der Waals surface area contributed by atoms with Gasteiger partial charge in [-0.15, -0.1) is 11.3 Å². The lowest BCUT2D eigenvalue weighted by atomic mass is 10.2. The number of hydrogen-bond acceptors (Lipinski definition) is 5. The van der Waals surface area contributed by atoms with Gasteiger partial charge in [-0.25, -0.2) is 4.98 Å². The van der Waals surface area contributed by atoms with E-state index in [1.807, 2.05) is 10.3 Å². The maximum atomic E-state index is 12.0. The molecule has 0 spiro atoms. The highest BCUT2D eigenvalue weighted by Gasteiger charge is 2.19. The molecule has 17 heavy (non-hydrogen) atoms. The minimum absolute atomic E-state index is 0.173. The van der Waals surface area contributed by atoms with Crippen molar-refractivity contribution in [3.05, 3.63) is 16.1 Å². The second-order valence-electron chi connectivity index (χ2n) is 4.30. The summed E-state index contributed by atoms with van der Waals surface area (Å²) in [6.07, 6.45) is 0.403. The molecule has 0 radical (unpaired) electrons. The molecule has 0 unspecified atom stereocenters. The third-order valence-electron chi connectivity index (χ3n) is 2.96. The Hall–Kier alpha value is -0.980. The van der Waals surface area contributed by atoms with Crippen LogP contribution in [0.2, 0.25) is 0 Å². The summed E-state index contributed by atoms with van der Waals surface area (Å²) in [5.41, 5.74) is 6.35. The maximum absolute atomic E-state index is 12.0. The molecule has 1 aromatic heterocycles. The highest BCUT2D eigenvalue weighted by Crippen LogP contribution is 2.11. The fourth-order valence-electron chi connectivity index (χ4n) is 1.85. The number of piperazine rings is 1. The minimum atomic E-state index is 0.173. The van der Waals surface area contributed by atoms with Crippen LogP contribution in [-0.2, 0) is 17.8 Å². The van der Waals surface area contributed by atoms with Gasteiger partial charge in [-0.05, 0) is 7.05 Å². The van der Waals surface area contributed by atoms with Gasteiger partial charge >= 0.3 is 0 Å². The van der Waals surface area contributed by atoms with Crippen molar-refractivity contribution in [3.8, 4) is 0 Å². The molecule has 2 heterocycles. The number of thiazole rings is 1. The Morgan fingerprint density at radius 2 is 2.18 bits per heavy atom. The zero-order chi connectivity index (χ0) is 12.3. The lowest BCUT2D eigenvalue weighted by Gasteiger charge is -2.32. The summed E-state index contributed by atoms with van der Waals surface area (Å²) < 4.78 is 0. The van der Waals surface area contributed by atoms with Gasteiger partial charge in [0, 0.05) is 38.1 Å². The zero-order valence-corrected chi connectivity index (χ0v) is 10.9. The normalized spacial score (nSPS) is 17.4. The molecule has 5 nitrogen and oxygen atoms in total. The Kier molecular flexibility index (Phi) is 4.09. The Balaban J connectivity index is 1.88. The van der Waals surface area contributed by atoms with Gasteiger partial charge < -0.3 is 15.5 Å². The summed E-state index contributed by atoms with van der Waals surface area (Å²) in [6, 6.07) is 0. The molecule has 0 bridgehead atoms. The number of nitrogens with zero attached hydrogens (tertiary/aromatic N) is 3. The first-order valence-corrected chi connectivity index (χ1v) is 6.66. The van der Waals surface area contributed by atoms with E-state index in [1.165, 1.54) is 11.3 Å². The summed E-state index contributed by atoms with van der Waals surface area (Å²) in [4.78, 5) is 20.5. The first-order valence-electron chi connectivity index (χ1n) is 5.78. The minimum Gasteiger partial charge on any atom is -0.340 e. The fraction of sp³-hybridized carbons (Fsp3) is 0.636. The maximum Gasteiger partial charge on any atom is 0.228 e. The van der Waals surface area contributed by atoms with Crippen molar-refractivity contribution in [1.29, 1.82) is 0 Å². The van der Waals surface area contributed by atoms with Crippen LogP contribution in [0.4, 0.5) is 0 Å². The van der Waals surface area contributed by atoms with Crippen LogP contribution in [-0.4, -0.2) is 53.9 Å². The molecular formula is C11H18N4OS. The van der Waals surface area contributed by atoms with Crippen molar-refractivity contribution < 1.29 is 4.79 Å². The van der Waals surface area contributed by atoms with Crippen LogP contribution in [0.5, 0.6) is 0 Å². The van der Waals surface area contributed by atoms with Gasteiger partial charge in [-0.1, -0.05) is 0 Å². The number of hydrogen-bond donors (Lipinski definition) is 1. The molecule has 1 aromatic rings. The van der Waals surface area contributed by atoms with E-state index in [4.69, 9.17) is 5.73 Å². The van der Waals surface area contributed by atoms with Crippen molar-refractivity contribution in [3.63, 3.8) is 0 Å². The molecule has 0 atom stereocenters. The lowest BCUT2D eigenvalue weighted by molar-refractivity contribution is -0.132. The van der Waals surface area contributed by atoms with E-state index in [0.29, 0.717) is 13.0 Å². The summed E-state index contributed by atoms with van der Waals surface area (Å²) in [6.45, 7) is 4.01. The van der Waals surface area contributed by atoms with Gasteiger partial charge in [-0.2, -0.15) is 0 Å². The first kappa shape index (κ1) is 12.5.